The summed E-state index contributed by atoms with van der Waals surface area (Å²) in [5.74, 6) is -2.41. The first-order valence-corrected chi connectivity index (χ1v) is 11.6. The molecule has 0 amide bonds. The second-order valence-corrected chi connectivity index (χ2v) is 9.78. The van der Waals surface area contributed by atoms with Gasteiger partial charge in [0.25, 0.3) is 0 Å². The van der Waals surface area contributed by atoms with E-state index < -0.39 is 29.1 Å². The number of carboxylic acids is 1. The van der Waals surface area contributed by atoms with E-state index in [9.17, 15) is 19.4 Å². The first-order chi connectivity index (χ1) is 16.6. The summed E-state index contributed by atoms with van der Waals surface area (Å²) in [7, 11) is 1.37. The van der Waals surface area contributed by atoms with Crippen LogP contribution in [0, 0.1) is 17.6 Å². The minimum Gasteiger partial charge on any atom is -0.494 e. The number of carbonyl (C=O) groups is 1. The van der Waals surface area contributed by atoms with Crippen LogP contribution < -0.4 is 4.74 Å². The lowest BCUT2D eigenvalue weighted by Crippen LogP contribution is -2.25. The molecule has 3 N–H and O–H groups in total. The van der Waals surface area contributed by atoms with Crippen molar-refractivity contribution in [3.05, 3.63) is 53.4 Å². The molecule has 1 saturated carbocycles. The molecule has 0 atom stereocenters. The normalized spacial score (nSPS) is 18.9. The average molecular weight is 484 g/mol. The second kappa shape index (κ2) is 8.34. The van der Waals surface area contributed by atoms with Gasteiger partial charge in [-0.15, -0.1) is 0 Å². The average Bonchev–Trinajstić information content (AvgIpc) is 3.43. The van der Waals surface area contributed by atoms with Crippen LogP contribution in [0.5, 0.6) is 5.75 Å². The SMILES string of the molecule is COc1cc(-n2c(C(C)(C)O)c(C3CCC(C(=O)O)CC3)c3c(F)c4[nH]ncc4cc32)ccc1F. The molecule has 0 aliphatic heterocycles. The highest BCUT2D eigenvalue weighted by Gasteiger charge is 2.37. The summed E-state index contributed by atoms with van der Waals surface area (Å²) < 4.78 is 37.3. The van der Waals surface area contributed by atoms with Gasteiger partial charge in [0, 0.05) is 22.5 Å². The number of halogens is 2. The maximum absolute atomic E-state index is 16.1. The summed E-state index contributed by atoms with van der Waals surface area (Å²) in [5, 5.41) is 28.5. The van der Waals surface area contributed by atoms with Gasteiger partial charge in [0.1, 0.15) is 5.52 Å². The molecule has 0 bridgehead atoms. The Hall–Kier alpha value is -3.46. The van der Waals surface area contributed by atoms with E-state index in [0.29, 0.717) is 58.9 Å². The third kappa shape index (κ3) is 3.74. The standard InChI is InChI=1S/C26H27F2N3O4/c1-26(2,34)24-20(13-4-6-14(7-5-13)25(32)33)21-18(10-15-12-29-30-23(15)22(21)28)31(24)16-8-9-17(27)19(11-16)35-3/h8-14,34H,4-7H2,1-3H3,(H,29,30)(H,32,33). The molecule has 0 spiro atoms. The van der Waals surface area contributed by atoms with Gasteiger partial charge >= 0.3 is 5.97 Å². The van der Waals surface area contributed by atoms with Crippen LogP contribution in [0.2, 0.25) is 0 Å². The summed E-state index contributed by atoms with van der Waals surface area (Å²) in [4.78, 5) is 11.5. The van der Waals surface area contributed by atoms with Crippen molar-refractivity contribution in [1.29, 1.82) is 0 Å². The number of ether oxygens (including phenoxy) is 1. The van der Waals surface area contributed by atoms with E-state index in [-0.39, 0.29) is 17.2 Å². The smallest absolute Gasteiger partial charge is 0.306 e. The zero-order valence-corrected chi connectivity index (χ0v) is 19.7. The molecule has 1 fully saturated rings. The molecular weight excluding hydrogens is 456 g/mol. The lowest BCUT2D eigenvalue weighted by atomic mass is 9.76. The predicted molar refractivity (Wildman–Crippen MR) is 127 cm³/mol. The van der Waals surface area contributed by atoms with Crippen LogP contribution in [0.4, 0.5) is 8.78 Å². The number of methoxy groups -OCH3 is 1. The number of hydrogen-bond acceptors (Lipinski definition) is 4. The van der Waals surface area contributed by atoms with Crippen molar-refractivity contribution >= 4 is 27.8 Å². The molecule has 2 heterocycles. The Labute approximate surface area is 200 Å². The minimum atomic E-state index is -1.39. The zero-order chi connectivity index (χ0) is 25.1. The summed E-state index contributed by atoms with van der Waals surface area (Å²) in [5.41, 5.74) is 1.02. The highest BCUT2D eigenvalue weighted by molar-refractivity contribution is 6.00. The number of nitrogens with zero attached hydrogens (tertiary/aromatic N) is 2. The van der Waals surface area contributed by atoms with Crippen molar-refractivity contribution in [3.8, 4) is 11.4 Å². The molecule has 0 radical (unpaired) electrons. The van der Waals surface area contributed by atoms with Gasteiger partial charge in [0.15, 0.2) is 17.4 Å². The van der Waals surface area contributed by atoms with Crippen LogP contribution >= 0.6 is 0 Å². The fourth-order valence-corrected chi connectivity index (χ4v) is 5.51. The van der Waals surface area contributed by atoms with Gasteiger partial charge in [-0.05, 0) is 69.2 Å². The Bertz CT molecular complexity index is 1440. The molecule has 0 unspecified atom stereocenters. The summed E-state index contributed by atoms with van der Waals surface area (Å²) in [6, 6.07) is 6.16. The van der Waals surface area contributed by atoms with Gasteiger partial charge < -0.3 is 19.5 Å². The Balaban J connectivity index is 1.86. The Morgan fingerprint density at radius 1 is 1.20 bits per heavy atom. The molecule has 184 valence electrons. The number of hydrogen-bond donors (Lipinski definition) is 3. The fraction of sp³-hybridized carbons (Fsp3) is 0.385. The van der Waals surface area contributed by atoms with Crippen molar-refractivity contribution in [2.75, 3.05) is 7.11 Å². The van der Waals surface area contributed by atoms with Gasteiger partial charge in [-0.25, -0.2) is 8.78 Å². The lowest BCUT2D eigenvalue weighted by molar-refractivity contribution is -0.142. The van der Waals surface area contributed by atoms with E-state index in [2.05, 4.69) is 10.2 Å². The van der Waals surface area contributed by atoms with Crippen LogP contribution in [0.15, 0.2) is 30.5 Å². The monoisotopic (exact) mass is 483 g/mol. The number of aliphatic carboxylic acids is 1. The molecule has 5 rings (SSSR count). The molecule has 9 heteroatoms. The Kier molecular flexibility index (Phi) is 5.55. The maximum atomic E-state index is 16.1. The molecular formula is C26H27F2N3O4. The number of carboxylic acid groups (broad SMARTS) is 1. The van der Waals surface area contributed by atoms with E-state index in [4.69, 9.17) is 4.74 Å². The second-order valence-electron chi connectivity index (χ2n) is 9.78. The van der Waals surface area contributed by atoms with Crippen molar-refractivity contribution < 1.29 is 28.5 Å². The number of H-pyrrole nitrogens is 1. The fourth-order valence-electron chi connectivity index (χ4n) is 5.51. The van der Waals surface area contributed by atoms with Crippen LogP contribution in [-0.4, -0.2) is 38.1 Å². The highest BCUT2D eigenvalue weighted by Crippen LogP contribution is 2.47. The lowest BCUT2D eigenvalue weighted by Gasteiger charge is -2.30. The number of rotatable bonds is 5. The number of aromatic amines is 1. The van der Waals surface area contributed by atoms with Gasteiger partial charge in [0.05, 0.1) is 36.0 Å². The third-order valence-electron chi connectivity index (χ3n) is 7.10. The summed E-state index contributed by atoms with van der Waals surface area (Å²) in [6.07, 6.45) is 3.56. The van der Waals surface area contributed by atoms with E-state index >= 15 is 4.39 Å². The van der Waals surface area contributed by atoms with Gasteiger partial charge in [-0.3, -0.25) is 9.89 Å². The van der Waals surface area contributed by atoms with Crippen molar-refractivity contribution in [2.24, 2.45) is 5.92 Å². The first kappa shape index (κ1) is 23.3. The molecule has 35 heavy (non-hydrogen) atoms. The van der Waals surface area contributed by atoms with Crippen LogP contribution in [0.3, 0.4) is 0 Å². The summed E-state index contributed by atoms with van der Waals surface area (Å²) >= 11 is 0. The highest BCUT2D eigenvalue weighted by atomic mass is 19.1. The van der Waals surface area contributed by atoms with E-state index in [1.54, 1.807) is 30.5 Å². The van der Waals surface area contributed by atoms with Crippen LogP contribution in [-0.2, 0) is 10.4 Å². The van der Waals surface area contributed by atoms with E-state index in [1.165, 1.54) is 25.4 Å². The Morgan fingerprint density at radius 3 is 2.54 bits per heavy atom. The van der Waals surface area contributed by atoms with Gasteiger partial charge in [-0.1, -0.05) is 0 Å². The minimum absolute atomic E-state index is 0.0272. The predicted octanol–water partition coefficient (Wildman–Crippen LogP) is 5.38. The maximum Gasteiger partial charge on any atom is 0.306 e. The van der Waals surface area contributed by atoms with Gasteiger partial charge in [0.2, 0.25) is 0 Å². The number of fused-ring (bicyclic) bond motifs is 2. The number of aromatic nitrogens is 3. The molecule has 2 aromatic carbocycles. The first-order valence-electron chi connectivity index (χ1n) is 11.6. The van der Waals surface area contributed by atoms with Gasteiger partial charge in [-0.2, -0.15) is 5.10 Å². The molecule has 0 saturated heterocycles. The zero-order valence-electron chi connectivity index (χ0n) is 19.7. The quantitative estimate of drug-likeness (QED) is 0.354. The number of nitrogens with one attached hydrogen (secondary N) is 1. The molecule has 2 aromatic heterocycles. The van der Waals surface area contributed by atoms with Crippen LogP contribution in [0.25, 0.3) is 27.5 Å². The summed E-state index contributed by atoms with van der Waals surface area (Å²) in [6.45, 7) is 3.27. The topological polar surface area (TPSA) is 100 Å². The van der Waals surface area contributed by atoms with Crippen molar-refractivity contribution in [1.82, 2.24) is 14.8 Å². The van der Waals surface area contributed by atoms with Crippen molar-refractivity contribution in [2.45, 2.75) is 51.0 Å². The number of benzene rings is 2. The third-order valence-corrected chi connectivity index (χ3v) is 7.10. The van der Waals surface area contributed by atoms with Crippen LogP contribution in [0.1, 0.15) is 56.7 Å². The van der Waals surface area contributed by atoms with E-state index in [1.807, 2.05) is 0 Å². The number of aliphatic hydroxyl groups is 1. The molecule has 4 aromatic rings. The Morgan fingerprint density at radius 2 is 1.91 bits per heavy atom. The van der Waals surface area contributed by atoms with E-state index in [0.717, 1.165) is 0 Å². The molecule has 7 nitrogen and oxygen atoms in total. The molecule has 1 aliphatic rings. The van der Waals surface area contributed by atoms with Crippen molar-refractivity contribution in [3.63, 3.8) is 0 Å². The largest absolute Gasteiger partial charge is 0.494 e. The molecule has 1 aliphatic carbocycles.